The Hall–Kier alpha value is -2.93. The van der Waals surface area contributed by atoms with Crippen molar-refractivity contribution in [3.63, 3.8) is 0 Å². The van der Waals surface area contributed by atoms with Gasteiger partial charge in [0, 0.05) is 37.4 Å². The van der Waals surface area contributed by atoms with E-state index in [9.17, 15) is 14.4 Å². The van der Waals surface area contributed by atoms with E-state index in [4.69, 9.17) is 4.42 Å². The first-order valence-corrected chi connectivity index (χ1v) is 8.94. The number of furan rings is 1. The molecule has 2 amide bonds. The van der Waals surface area contributed by atoms with E-state index in [0.29, 0.717) is 43.2 Å². The summed E-state index contributed by atoms with van der Waals surface area (Å²) >= 11 is 0. The molecule has 1 atom stereocenters. The predicted octanol–water partition coefficient (Wildman–Crippen LogP) is 2.27. The van der Waals surface area contributed by atoms with Gasteiger partial charge in [0.15, 0.2) is 11.5 Å². The molecule has 0 radical (unpaired) electrons. The van der Waals surface area contributed by atoms with Gasteiger partial charge in [0.2, 0.25) is 5.91 Å². The van der Waals surface area contributed by atoms with E-state index in [-0.39, 0.29) is 23.6 Å². The molecule has 1 aliphatic rings. The molecule has 0 bridgehead atoms. The Balaban J connectivity index is 1.52. The van der Waals surface area contributed by atoms with E-state index in [2.05, 4.69) is 5.32 Å². The summed E-state index contributed by atoms with van der Waals surface area (Å²) in [6.45, 7) is 5.68. The lowest BCUT2D eigenvalue weighted by molar-refractivity contribution is -0.121. The topological polar surface area (TPSA) is 82.9 Å². The smallest absolute Gasteiger partial charge is 0.289 e. The van der Waals surface area contributed by atoms with Gasteiger partial charge in [0.25, 0.3) is 5.91 Å². The van der Waals surface area contributed by atoms with Crippen LogP contribution in [0, 0.1) is 0 Å². The van der Waals surface area contributed by atoms with Crippen LogP contribution < -0.4 is 5.32 Å². The van der Waals surface area contributed by atoms with Crippen LogP contribution in [0.1, 0.15) is 34.8 Å². The summed E-state index contributed by atoms with van der Waals surface area (Å²) in [6, 6.07) is 9.87. The molecule has 1 aromatic carbocycles. The van der Waals surface area contributed by atoms with E-state index in [1.807, 2.05) is 11.8 Å². The second-order valence-electron chi connectivity index (χ2n) is 6.60. The van der Waals surface area contributed by atoms with Crippen LogP contribution in [0.5, 0.6) is 0 Å². The number of hydrogen-bond donors (Lipinski definition) is 1. The van der Waals surface area contributed by atoms with E-state index in [0.717, 1.165) is 0 Å². The van der Waals surface area contributed by atoms with Crippen molar-refractivity contribution in [2.75, 3.05) is 31.5 Å². The fourth-order valence-electron chi connectivity index (χ4n) is 3.07. The van der Waals surface area contributed by atoms with Gasteiger partial charge in [-0.15, -0.1) is 0 Å². The van der Waals surface area contributed by atoms with E-state index in [1.54, 1.807) is 41.3 Å². The van der Waals surface area contributed by atoms with Gasteiger partial charge in [-0.05, 0) is 50.2 Å². The van der Waals surface area contributed by atoms with Gasteiger partial charge in [-0.3, -0.25) is 19.3 Å². The number of benzene rings is 1. The van der Waals surface area contributed by atoms with Crippen LogP contribution >= 0.6 is 0 Å². The van der Waals surface area contributed by atoms with Crippen LogP contribution in [-0.4, -0.2) is 59.6 Å². The summed E-state index contributed by atoms with van der Waals surface area (Å²) in [4.78, 5) is 39.9. The van der Waals surface area contributed by atoms with E-state index < -0.39 is 0 Å². The molecule has 27 heavy (non-hydrogen) atoms. The quantitative estimate of drug-likeness (QED) is 0.818. The summed E-state index contributed by atoms with van der Waals surface area (Å²) in [5.74, 6) is 0.0881. The predicted molar refractivity (Wildman–Crippen MR) is 101 cm³/mol. The molecule has 1 N–H and O–H groups in total. The number of Topliss-reactive ketones (excluding diaryl/α,β-unsaturated/α-hetero) is 1. The summed E-state index contributed by atoms with van der Waals surface area (Å²) in [7, 11) is 0. The van der Waals surface area contributed by atoms with Crippen molar-refractivity contribution in [3.05, 3.63) is 54.0 Å². The Morgan fingerprint density at radius 3 is 2.26 bits per heavy atom. The molecule has 7 nitrogen and oxygen atoms in total. The fourth-order valence-corrected chi connectivity index (χ4v) is 3.07. The summed E-state index contributed by atoms with van der Waals surface area (Å²) in [6.07, 6.45) is 1.48. The first kappa shape index (κ1) is 18.8. The van der Waals surface area contributed by atoms with E-state index in [1.165, 1.54) is 13.2 Å². The zero-order valence-corrected chi connectivity index (χ0v) is 15.5. The van der Waals surface area contributed by atoms with Gasteiger partial charge in [-0.25, -0.2) is 0 Å². The van der Waals surface area contributed by atoms with Crippen molar-refractivity contribution in [1.82, 2.24) is 9.80 Å². The molecule has 1 aliphatic heterocycles. The molecule has 0 spiro atoms. The highest BCUT2D eigenvalue weighted by atomic mass is 16.3. The van der Waals surface area contributed by atoms with Crippen LogP contribution in [0.15, 0.2) is 47.1 Å². The maximum atomic E-state index is 12.5. The van der Waals surface area contributed by atoms with Crippen molar-refractivity contribution in [2.45, 2.75) is 19.9 Å². The SMILES string of the molecule is CC(=O)c1ccc(NC(=O)C(C)N2CCN(C(=O)c3ccco3)CC2)cc1. The summed E-state index contributed by atoms with van der Waals surface area (Å²) in [5.41, 5.74) is 1.27. The zero-order valence-electron chi connectivity index (χ0n) is 15.5. The van der Waals surface area contributed by atoms with Crippen LogP contribution in [0.4, 0.5) is 5.69 Å². The monoisotopic (exact) mass is 369 g/mol. The maximum Gasteiger partial charge on any atom is 0.289 e. The van der Waals surface area contributed by atoms with Crippen LogP contribution in [-0.2, 0) is 4.79 Å². The number of nitrogens with one attached hydrogen (secondary N) is 1. The maximum absolute atomic E-state index is 12.5. The summed E-state index contributed by atoms with van der Waals surface area (Å²) < 4.78 is 5.16. The Labute approximate surface area is 157 Å². The third kappa shape index (κ3) is 4.43. The summed E-state index contributed by atoms with van der Waals surface area (Å²) in [5, 5.41) is 2.87. The lowest BCUT2D eigenvalue weighted by Crippen LogP contribution is -2.54. The average molecular weight is 369 g/mol. The highest BCUT2D eigenvalue weighted by molar-refractivity contribution is 5.97. The molecule has 1 saturated heterocycles. The lowest BCUT2D eigenvalue weighted by atomic mass is 10.1. The fraction of sp³-hybridized carbons (Fsp3) is 0.350. The van der Waals surface area contributed by atoms with Crippen molar-refractivity contribution >= 4 is 23.3 Å². The molecule has 1 unspecified atom stereocenters. The number of hydrogen-bond acceptors (Lipinski definition) is 5. The van der Waals surface area contributed by atoms with Crippen molar-refractivity contribution in [3.8, 4) is 0 Å². The van der Waals surface area contributed by atoms with Gasteiger partial charge in [0.05, 0.1) is 12.3 Å². The highest BCUT2D eigenvalue weighted by Crippen LogP contribution is 2.14. The molecule has 2 heterocycles. The number of nitrogens with zero attached hydrogens (tertiary/aromatic N) is 2. The minimum Gasteiger partial charge on any atom is -0.459 e. The number of carbonyl (C=O) groups excluding carboxylic acids is 3. The molecule has 7 heteroatoms. The highest BCUT2D eigenvalue weighted by Gasteiger charge is 2.28. The Morgan fingerprint density at radius 1 is 1.04 bits per heavy atom. The molecular formula is C20H23N3O4. The molecule has 142 valence electrons. The number of amides is 2. The van der Waals surface area contributed by atoms with Crippen LogP contribution in [0.3, 0.4) is 0 Å². The lowest BCUT2D eigenvalue weighted by Gasteiger charge is -2.37. The third-order valence-corrected chi connectivity index (χ3v) is 4.82. The van der Waals surface area contributed by atoms with Gasteiger partial charge >= 0.3 is 0 Å². The number of rotatable bonds is 5. The van der Waals surface area contributed by atoms with Gasteiger partial charge in [-0.1, -0.05) is 0 Å². The van der Waals surface area contributed by atoms with Crippen molar-refractivity contribution < 1.29 is 18.8 Å². The second kappa shape index (κ2) is 8.18. The first-order valence-electron chi connectivity index (χ1n) is 8.94. The Morgan fingerprint density at radius 2 is 1.70 bits per heavy atom. The molecule has 1 fully saturated rings. The van der Waals surface area contributed by atoms with Gasteiger partial charge in [-0.2, -0.15) is 0 Å². The normalized spacial score (nSPS) is 16.0. The minimum atomic E-state index is -0.321. The van der Waals surface area contributed by atoms with Crippen molar-refractivity contribution in [1.29, 1.82) is 0 Å². The van der Waals surface area contributed by atoms with Gasteiger partial charge in [0.1, 0.15) is 0 Å². The van der Waals surface area contributed by atoms with E-state index >= 15 is 0 Å². The van der Waals surface area contributed by atoms with Gasteiger partial charge < -0.3 is 14.6 Å². The number of carbonyl (C=O) groups is 3. The zero-order chi connectivity index (χ0) is 19.4. The average Bonchev–Trinajstić information content (AvgIpc) is 3.22. The van der Waals surface area contributed by atoms with Crippen molar-refractivity contribution in [2.24, 2.45) is 0 Å². The largest absolute Gasteiger partial charge is 0.459 e. The molecule has 0 aliphatic carbocycles. The number of anilines is 1. The third-order valence-electron chi connectivity index (χ3n) is 4.82. The molecule has 0 saturated carbocycles. The second-order valence-corrected chi connectivity index (χ2v) is 6.60. The molecule has 1 aromatic heterocycles. The Kier molecular flexibility index (Phi) is 5.71. The first-order chi connectivity index (χ1) is 13.0. The minimum absolute atomic E-state index is 0.0109. The molecule has 2 aromatic rings. The standard InChI is InChI=1S/C20H23N3O4/c1-14(19(25)21-17-7-5-16(6-8-17)15(2)24)22-9-11-23(12-10-22)20(26)18-4-3-13-27-18/h3-8,13-14H,9-12H2,1-2H3,(H,21,25). The molecule has 3 rings (SSSR count). The van der Waals surface area contributed by atoms with Crippen LogP contribution in [0.25, 0.3) is 0 Å². The number of piperazine rings is 1. The Bertz CT molecular complexity index is 806. The molecular weight excluding hydrogens is 346 g/mol. The van der Waals surface area contributed by atoms with Crippen LogP contribution in [0.2, 0.25) is 0 Å². The number of ketones is 1.